The van der Waals surface area contributed by atoms with Gasteiger partial charge in [0.05, 0.1) is 13.0 Å². The van der Waals surface area contributed by atoms with E-state index in [4.69, 9.17) is 9.47 Å². The van der Waals surface area contributed by atoms with Gasteiger partial charge < -0.3 is 14.4 Å². The van der Waals surface area contributed by atoms with Crippen molar-refractivity contribution in [1.82, 2.24) is 4.90 Å². The lowest BCUT2D eigenvalue weighted by atomic mass is 10.0. The predicted molar refractivity (Wildman–Crippen MR) is 94.1 cm³/mol. The summed E-state index contributed by atoms with van der Waals surface area (Å²) in [5.41, 5.74) is 2.88. The van der Waals surface area contributed by atoms with Gasteiger partial charge >= 0.3 is 5.97 Å². The van der Waals surface area contributed by atoms with Gasteiger partial charge in [-0.3, -0.25) is 9.59 Å². The summed E-state index contributed by atoms with van der Waals surface area (Å²) in [6.45, 7) is 9.86. The van der Waals surface area contributed by atoms with Crippen LogP contribution in [-0.4, -0.2) is 50.2 Å². The molecule has 0 aromatic heterocycles. The van der Waals surface area contributed by atoms with Gasteiger partial charge in [-0.05, 0) is 50.5 Å². The first-order valence-corrected chi connectivity index (χ1v) is 8.42. The second kappa shape index (κ2) is 10.1. The summed E-state index contributed by atoms with van der Waals surface area (Å²) in [4.78, 5) is 26.3. The van der Waals surface area contributed by atoms with Gasteiger partial charge in [0.25, 0.3) is 5.91 Å². The van der Waals surface area contributed by atoms with Crippen LogP contribution in [0.5, 0.6) is 0 Å². The van der Waals surface area contributed by atoms with E-state index in [2.05, 4.69) is 0 Å². The van der Waals surface area contributed by atoms with Gasteiger partial charge in [-0.1, -0.05) is 13.0 Å². The first-order chi connectivity index (χ1) is 11.4. The highest BCUT2D eigenvalue weighted by Gasteiger charge is 2.22. The molecule has 1 aromatic carbocycles. The van der Waals surface area contributed by atoms with Crippen LogP contribution in [0.4, 0.5) is 0 Å². The van der Waals surface area contributed by atoms with Crippen molar-refractivity contribution >= 4 is 11.9 Å². The lowest BCUT2D eigenvalue weighted by Crippen LogP contribution is -2.38. The van der Waals surface area contributed by atoms with Gasteiger partial charge in [0, 0.05) is 31.9 Å². The first-order valence-electron chi connectivity index (χ1n) is 8.42. The van der Waals surface area contributed by atoms with Crippen molar-refractivity contribution < 1.29 is 19.1 Å². The predicted octanol–water partition coefficient (Wildman–Crippen LogP) is 2.98. The number of rotatable bonds is 9. The highest BCUT2D eigenvalue weighted by molar-refractivity contribution is 5.94. The van der Waals surface area contributed by atoms with Gasteiger partial charge in [0.1, 0.15) is 0 Å². The van der Waals surface area contributed by atoms with E-state index in [0.717, 1.165) is 17.5 Å². The van der Waals surface area contributed by atoms with Crippen molar-refractivity contribution in [2.75, 3.05) is 33.4 Å². The average molecular weight is 335 g/mol. The Morgan fingerprint density at radius 3 is 2.50 bits per heavy atom. The summed E-state index contributed by atoms with van der Waals surface area (Å²) in [5.74, 6) is -0.736. The quantitative estimate of drug-likeness (QED) is 0.514. The molecule has 0 saturated carbocycles. The molecule has 1 aromatic rings. The van der Waals surface area contributed by atoms with E-state index in [1.54, 1.807) is 11.8 Å². The monoisotopic (exact) mass is 335 g/mol. The summed E-state index contributed by atoms with van der Waals surface area (Å²) < 4.78 is 10.1. The molecule has 5 nitrogen and oxygen atoms in total. The van der Waals surface area contributed by atoms with Crippen LogP contribution in [-0.2, 0) is 14.3 Å². The molecule has 0 aliphatic carbocycles. The number of carbonyl (C=O) groups is 2. The number of carbonyl (C=O) groups excluding carboxylic acids is 2. The molecule has 5 heteroatoms. The third-order valence-corrected chi connectivity index (χ3v) is 4.06. The topological polar surface area (TPSA) is 55.8 Å². The molecule has 1 amide bonds. The van der Waals surface area contributed by atoms with E-state index in [1.807, 2.05) is 39.0 Å². The molecule has 0 aliphatic heterocycles. The molecule has 0 N–H and O–H groups in total. The van der Waals surface area contributed by atoms with E-state index in [0.29, 0.717) is 31.9 Å². The van der Waals surface area contributed by atoms with Crippen LogP contribution in [0, 0.1) is 19.8 Å². The summed E-state index contributed by atoms with van der Waals surface area (Å²) in [5, 5.41) is 0. The molecule has 0 radical (unpaired) electrons. The number of hydrogen-bond donors (Lipinski definition) is 0. The second-order valence-electron chi connectivity index (χ2n) is 6.02. The van der Waals surface area contributed by atoms with E-state index in [9.17, 15) is 9.59 Å². The zero-order valence-corrected chi connectivity index (χ0v) is 15.4. The SMILES string of the molecule is CCOCCCN(CC(C)C(=O)OC)C(=O)c1ccc(C)c(C)c1. The van der Waals surface area contributed by atoms with E-state index in [1.165, 1.54) is 7.11 Å². The van der Waals surface area contributed by atoms with Crippen LogP contribution in [0.25, 0.3) is 0 Å². The number of ether oxygens (including phenoxy) is 2. The number of nitrogens with zero attached hydrogens (tertiary/aromatic N) is 1. The molecule has 0 saturated heterocycles. The largest absolute Gasteiger partial charge is 0.469 e. The molecular weight excluding hydrogens is 306 g/mol. The maximum Gasteiger partial charge on any atom is 0.310 e. The van der Waals surface area contributed by atoms with Crippen molar-refractivity contribution in [3.8, 4) is 0 Å². The highest BCUT2D eigenvalue weighted by Crippen LogP contribution is 2.14. The maximum atomic E-state index is 12.9. The minimum absolute atomic E-state index is 0.0645. The van der Waals surface area contributed by atoms with Crippen LogP contribution in [0.15, 0.2) is 18.2 Å². The number of methoxy groups -OCH3 is 1. The Labute approximate surface area is 144 Å². The minimum atomic E-state index is -0.363. The van der Waals surface area contributed by atoms with Crippen LogP contribution >= 0.6 is 0 Å². The fourth-order valence-corrected chi connectivity index (χ4v) is 2.44. The molecule has 0 spiro atoms. The fourth-order valence-electron chi connectivity index (χ4n) is 2.44. The smallest absolute Gasteiger partial charge is 0.310 e. The minimum Gasteiger partial charge on any atom is -0.469 e. The summed E-state index contributed by atoms with van der Waals surface area (Å²) >= 11 is 0. The first kappa shape index (κ1) is 20.2. The molecule has 0 aliphatic rings. The number of aryl methyl sites for hydroxylation is 2. The zero-order chi connectivity index (χ0) is 18.1. The Hall–Kier alpha value is -1.88. The van der Waals surface area contributed by atoms with Crippen molar-refractivity contribution in [2.24, 2.45) is 5.92 Å². The molecule has 1 rings (SSSR count). The third kappa shape index (κ3) is 5.96. The van der Waals surface area contributed by atoms with Crippen LogP contribution in [0.3, 0.4) is 0 Å². The molecule has 134 valence electrons. The third-order valence-electron chi connectivity index (χ3n) is 4.06. The average Bonchev–Trinajstić information content (AvgIpc) is 2.58. The van der Waals surface area contributed by atoms with Gasteiger partial charge in [-0.2, -0.15) is 0 Å². The van der Waals surface area contributed by atoms with Crippen molar-refractivity contribution in [2.45, 2.75) is 34.1 Å². The van der Waals surface area contributed by atoms with Gasteiger partial charge in [-0.15, -0.1) is 0 Å². The van der Waals surface area contributed by atoms with Crippen molar-refractivity contribution in [3.05, 3.63) is 34.9 Å². The Bertz CT molecular complexity index is 556. The van der Waals surface area contributed by atoms with Crippen molar-refractivity contribution in [3.63, 3.8) is 0 Å². The summed E-state index contributed by atoms with van der Waals surface area (Å²) in [7, 11) is 1.36. The van der Waals surface area contributed by atoms with Gasteiger partial charge in [-0.25, -0.2) is 0 Å². The summed E-state index contributed by atoms with van der Waals surface area (Å²) in [6, 6.07) is 5.68. The van der Waals surface area contributed by atoms with Gasteiger partial charge in [0.15, 0.2) is 0 Å². The molecule has 0 bridgehead atoms. The van der Waals surface area contributed by atoms with Crippen LogP contribution < -0.4 is 0 Å². The lowest BCUT2D eigenvalue weighted by molar-refractivity contribution is -0.145. The molecular formula is C19H29NO4. The lowest BCUT2D eigenvalue weighted by Gasteiger charge is -2.25. The zero-order valence-electron chi connectivity index (χ0n) is 15.4. The van der Waals surface area contributed by atoms with E-state index < -0.39 is 0 Å². The van der Waals surface area contributed by atoms with Crippen LogP contribution in [0.1, 0.15) is 41.8 Å². The molecule has 1 atom stereocenters. The number of esters is 1. The maximum absolute atomic E-state index is 12.9. The highest BCUT2D eigenvalue weighted by atomic mass is 16.5. The molecule has 24 heavy (non-hydrogen) atoms. The molecule has 1 unspecified atom stereocenters. The standard InChI is InChI=1S/C19H29NO4/c1-6-24-11-7-10-20(13-16(4)19(22)23-5)18(21)17-9-8-14(2)15(3)12-17/h8-9,12,16H,6-7,10-11,13H2,1-5H3. The van der Waals surface area contributed by atoms with E-state index >= 15 is 0 Å². The molecule has 0 fully saturated rings. The number of amides is 1. The van der Waals surface area contributed by atoms with Gasteiger partial charge in [0.2, 0.25) is 0 Å². The Kier molecular flexibility index (Phi) is 8.47. The molecule has 0 heterocycles. The Morgan fingerprint density at radius 1 is 1.21 bits per heavy atom. The second-order valence-corrected chi connectivity index (χ2v) is 6.02. The Balaban J connectivity index is 2.86. The van der Waals surface area contributed by atoms with Crippen molar-refractivity contribution in [1.29, 1.82) is 0 Å². The van der Waals surface area contributed by atoms with Crippen LogP contribution in [0.2, 0.25) is 0 Å². The number of benzene rings is 1. The summed E-state index contributed by atoms with van der Waals surface area (Å²) in [6.07, 6.45) is 0.734. The Morgan fingerprint density at radius 2 is 1.92 bits per heavy atom. The number of hydrogen-bond acceptors (Lipinski definition) is 4. The normalized spacial score (nSPS) is 11.9. The fraction of sp³-hybridized carbons (Fsp3) is 0.579. The van der Waals surface area contributed by atoms with E-state index in [-0.39, 0.29) is 17.8 Å².